The Morgan fingerprint density at radius 3 is 2.49 bits per heavy atom. The van der Waals surface area contributed by atoms with Crippen molar-refractivity contribution in [1.29, 1.82) is 0 Å². The van der Waals surface area contributed by atoms with Crippen molar-refractivity contribution in [1.82, 2.24) is 4.90 Å². The maximum absolute atomic E-state index is 13.4. The highest BCUT2D eigenvalue weighted by molar-refractivity contribution is 8.04. The van der Waals surface area contributed by atoms with E-state index in [0.717, 1.165) is 35.0 Å². The normalized spacial score (nSPS) is 16.7. The molecule has 37 heavy (non-hydrogen) atoms. The summed E-state index contributed by atoms with van der Waals surface area (Å²) < 4.78 is 5.30. The maximum Gasteiger partial charge on any atom is 0.264 e. The molecule has 1 saturated heterocycles. The lowest BCUT2D eigenvalue weighted by atomic mass is 10.1. The number of fused-ring (bicyclic) bond motifs is 1. The molecule has 3 aromatic carbocycles. The summed E-state index contributed by atoms with van der Waals surface area (Å²) in [5.41, 5.74) is 6.02. The molecule has 2 aliphatic rings. The van der Waals surface area contributed by atoms with Crippen LogP contribution in [-0.4, -0.2) is 57.1 Å². The number of carbonyl (C=O) groups excluding carboxylic acids is 2. The summed E-state index contributed by atoms with van der Waals surface area (Å²) in [5, 5.41) is 0. The Balaban J connectivity index is 1.31. The number of piperazine rings is 1. The fourth-order valence-electron chi connectivity index (χ4n) is 4.80. The molecule has 7 heteroatoms. The molecule has 6 nitrogen and oxygen atoms in total. The number of amides is 2. The van der Waals surface area contributed by atoms with Gasteiger partial charge in [0.25, 0.3) is 11.8 Å². The van der Waals surface area contributed by atoms with Crippen LogP contribution in [0.5, 0.6) is 5.75 Å². The monoisotopic (exact) mass is 513 g/mol. The number of anilines is 2. The molecule has 0 bridgehead atoms. The second-order valence-electron chi connectivity index (χ2n) is 9.50. The highest BCUT2D eigenvalue weighted by Crippen LogP contribution is 2.42. The molecule has 190 valence electrons. The number of hydrogen-bond acceptors (Lipinski definition) is 5. The Hall–Kier alpha value is -3.71. The molecule has 0 aliphatic carbocycles. The fraction of sp³-hybridized carbons (Fsp3) is 0.267. The molecule has 3 aromatic rings. The SMILES string of the molecule is COc1cccc(C=C2Sc3ccc(C(=O)N4CCN(c5cc(C)ccc5C)CC4)cc3N(C)C2=O)c1. The third-order valence-electron chi connectivity index (χ3n) is 6.97. The molecule has 1 fully saturated rings. The van der Waals surface area contributed by atoms with Gasteiger partial charge >= 0.3 is 0 Å². The van der Waals surface area contributed by atoms with Gasteiger partial charge in [0.05, 0.1) is 17.7 Å². The van der Waals surface area contributed by atoms with Gasteiger partial charge < -0.3 is 19.4 Å². The quantitative estimate of drug-likeness (QED) is 0.438. The van der Waals surface area contributed by atoms with Crippen LogP contribution >= 0.6 is 11.8 Å². The van der Waals surface area contributed by atoms with Crippen molar-refractivity contribution in [2.45, 2.75) is 18.7 Å². The summed E-state index contributed by atoms with van der Waals surface area (Å²) in [6.07, 6.45) is 1.88. The molecule has 2 heterocycles. The van der Waals surface area contributed by atoms with E-state index < -0.39 is 0 Å². The van der Waals surface area contributed by atoms with Crippen LogP contribution in [0.4, 0.5) is 11.4 Å². The second-order valence-corrected chi connectivity index (χ2v) is 10.6. The molecular formula is C30H31N3O3S. The van der Waals surface area contributed by atoms with Gasteiger partial charge in [-0.3, -0.25) is 9.59 Å². The van der Waals surface area contributed by atoms with Crippen LogP contribution in [0.15, 0.2) is 70.5 Å². The lowest BCUT2D eigenvalue weighted by Crippen LogP contribution is -2.49. The molecule has 0 radical (unpaired) electrons. The van der Waals surface area contributed by atoms with E-state index in [4.69, 9.17) is 4.74 Å². The first-order valence-electron chi connectivity index (χ1n) is 12.4. The van der Waals surface area contributed by atoms with Gasteiger partial charge in [0, 0.05) is 49.4 Å². The molecule has 0 atom stereocenters. The smallest absolute Gasteiger partial charge is 0.264 e. The Labute approximate surface area is 222 Å². The minimum Gasteiger partial charge on any atom is -0.497 e. The molecule has 0 saturated carbocycles. The number of aryl methyl sites for hydroxylation is 2. The average Bonchev–Trinajstić information content (AvgIpc) is 2.92. The van der Waals surface area contributed by atoms with Gasteiger partial charge in [-0.15, -0.1) is 0 Å². The van der Waals surface area contributed by atoms with Gasteiger partial charge in [-0.1, -0.05) is 36.0 Å². The van der Waals surface area contributed by atoms with Gasteiger partial charge in [-0.25, -0.2) is 0 Å². The molecule has 0 N–H and O–H groups in total. The number of carbonyl (C=O) groups is 2. The Morgan fingerprint density at radius 1 is 0.946 bits per heavy atom. The topological polar surface area (TPSA) is 53.1 Å². The van der Waals surface area contributed by atoms with Crippen molar-refractivity contribution in [2.75, 3.05) is 50.1 Å². The Morgan fingerprint density at radius 2 is 1.73 bits per heavy atom. The second kappa shape index (κ2) is 10.3. The number of likely N-dealkylation sites (N-methyl/N-ethyl adjacent to an activating group) is 1. The number of benzene rings is 3. The van der Waals surface area contributed by atoms with Crippen molar-refractivity contribution in [3.63, 3.8) is 0 Å². The van der Waals surface area contributed by atoms with Crippen molar-refractivity contribution >= 4 is 41.0 Å². The van der Waals surface area contributed by atoms with E-state index in [0.29, 0.717) is 23.6 Å². The first-order valence-corrected chi connectivity index (χ1v) is 13.2. The molecule has 0 spiro atoms. The third kappa shape index (κ3) is 5.09. The van der Waals surface area contributed by atoms with Crippen molar-refractivity contribution in [3.05, 3.63) is 87.8 Å². The molecule has 2 aliphatic heterocycles. The summed E-state index contributed by atoms with van der Waals surface area (Å²) in [5.74, 6) is 0.661. The number of nitrogens with zero attached hydrogens (tertiary/aromatic N) is 3. The van der Waals surface area contributed by atoms with Crippen molar-refractivity contribution in [3.8, 4) is 5.75 Å². The summed E-state index contributed by atoms with van der Waals surface area (Å²) in [7, 11) is 3.39. The number of methoxy groups -OCH3 is 1. The van der Waals surface area contributed by atoms with E-state index in [9.17, 15) is 9.59 Å². The number of hydrogen-bond donors (Lipinski definition) is 0. The molecule has 2 amide bonds. The highest BCUT2D eigenvalue weighted by Gasteiger charge is 2.29. The Bertz CT molecular complexity index is 1390. The zero-order valence-corrected chi connectivity index (χ0v) is 22.5. The lowest BCUT2D eigenvalue weighted by Gasteiger charge is -2.37. The Kier molecular flexibility index (Phi) is 6.98. The van der Waals surface area contributed by atoms with E-state index in [-0.39, 0.29) is 11.8 Å². The molecule has 0 unspecified atom stereocenters. The van der Waals surface area contributed by atoms with Crippen LogP contribution in [0.25, 0.3) is 6.08 Å². The summed E-state index contributed by atoms with van der Waals surface area (Å²) in [4.78, 5) is 34.0. The maximum atomic E-state index is 13.4. The zero-order chi connectivity index (χ0) is 26.1. The predicted octanol–water partition coefficient (Wildman–Crippen LogP) is 5.38. The van der Waals surface area contributed by atoms with Gasteiger partial charge in [-0.2, -0.15) is 0 Å². The average molecular weight is 514 g/mol. The number of rotatable bonds is 4. The summed E-state index contributed by atoms with van der Waals surface area (Å²) in [6.45, 7) is 7.17. The summed E-state index contributed by atoms with van der Waals surface area (Å²) in [6, 6.07) is 19.8. The van der Waals surface area contributed by atoms with Crippen LogP contribution < -0.4 is 14.5 Å². The standard InChI is InChI=1S/C30H31N3O3S/c1-20-8-9-21(2)25(16-20)32-12-14-33(15-13-32)29(34)23-10-11-27-26(19-23)31(3)30(35)28(37-27)18-22-6-5-7-24(17-22)36-4/h5-11,16-19H,12-15H2,1-4H3. The lowest BCUT2D eigenvalue weighted by molar-refractivity contribution is -0.114. The van der Waals surface area contributed by atoms with Crippen molar-refractivity contribution < 1.29 is 14.3 Å². The third-order valence-corrected chi connectivity index (χ3v) is 8.04. The zero-order valence-electron chi connectivity index (χ0n) is 21.7. The fourth-order valence-corrected chi connectivity index (χ4v) is 5.90. The molecular weight excluding hydrogens is 482 g/mol. The van der Waals surface area contributed by atoms with E-state index in [1.807, 2.05) is 53.4 Å². The number of thioether (sulfide) groups is 1. The minimum atomic E-state index is -0.0907. The first-order chi connectivity index (χ1) is 17.8. The van der Waals surface area contributed by atoms with Crippen LogP contribution in [0.1, 0.15) is 27.0 Å². The van der Waals surface area contributed by atoms with Crippen LogP contribution in [0.3, 0.4) is 0 Å². The van der Waals surface area contributed by atoms with Crippen LogP contribution in [0, 0.1) is 13.8 Å². The highest BCUT2D eigenvalue weighted by atomic mass is 32.2. The summed E-state index contributed by atoms with van der Waals surface area (Å²) >= 11 is 1.43. The van der Waals surface area contributed by atoms with E-state index in [2.05, 4.69) is 36.9 Å². The number of ether oxygens (including phenoxy) is 1. The van der Waals surface area contributed by atoms with Crippen LogP contribution in [0.2, 0.25) is 0 Å². The van der Waals surface area contributed by atoms with Gasteiger partial charge in [0.1, 0.15) is 5.75 Å². The molecule has 0 aromatic heterocycles. The first kappa shape index (κ1) is 25.0. The van der Waals surface area contributed by atoms with Gasteiger partial charge in [0.15, 0.2) is 0 Å². The predicted molar refractivity (Wildman–Crippen MR) is 151 cm³/mol. The van der Waals surface area contributed by atoms with Crippen molar-refractivity contribution in [2.24, 2.45) is 0 Å². The van der Waals surface area contributed by atoms with E-state index in [1.165, 1.54) is 28.6 Å². The molecule has 5 rings (SSSR count). The van der Waals surface area contributed by atoms with Gasteiger partial charge in [-0.05, 0) is 73.0 Å². The van der Waals surface area contributed by atoms with E-state index >= 15 is 0 Å². The van der Waals surface area contributed by atoms with E-state index in [1.54, 1.807) is 19.1 Å². The minimum absolute atomic E-state index is 0.00647. The van der Waals surface area contributed by atoms with Gasteiger partial charge in [0.2, 0.25) is 0 Å². The van der Waals surface area contributed by atoms with Crippen LogP contribution in [-0.2, 0) is 4.79 Å². The largest absolute Gasteiger partial charge is 0.497 e.